The fraction of sp³-hybridized carbons (Fsp3) is 0.923. The lowest BCUT2D eigenvalue weighted by atomic mass is 10.0. The minimum Gasteiger partial charge on any atom is -0.396 e. The van der Waals surface area contributed by atoms with E-state index in [1.807, 2.05) is 20.8 Å². The van der Waals surface area contributed by atoms with Crippen LogP contribution in [0.15, 0.2) is 0 Å². The lowest BCUT2D eigenvalue weighted by molar-refractivity contribution is -0.121. The van der Waals surface area contributed by atoms with Crippen LogP contribution in [-0.4, -0.2) is 36.2 Å². The zero-order valence-corrected chi connectivity index (χ0v) is 11.7. The zero-order valence-electron chi connectivity index (χ0n) is 11.7. The van der Waals surface area contributed by atoms with E-state index >= 15 is 0 Å². The molecule has 1 atom stereocenters. The van der Waals surface area contributed by atoms with Gasteiger partial charge in [0.15, 0.2) is 0 Å². The second kappa shape index (κ2) is 8.48. The highest BCUT2D eigenvalue weighted by molar-refractivity contribution is 5.78. The number of rotatable bonds is 9. The van der Waals surface area contributed by atoms with E-state index in [1.54, 1.807) is 0 Å². The summed E-state index contributed by atoms with van der Waals surface area (Å²) >= 11 is 0. The number of hydrogen-bond acceptors (Lipinski definition) is 3. The Morgan fingerprint density at radius 3 is 2.59 bits per heavy atom. The normalized spacial score (nSPS) is 13.5. The van der Waals surface area contributed by atoms with Gasteiger partial charge in [-0.15, -0.1) is 0 Å². The van der Waals surface area contributed by atoms with Crippen LogP contribution in [0.1, 0.15) is 47.0 Å². The Bertz CT molecular complexity index is 217. The van der Waals surface area contributed by atoms with E-state index in [1.165, 1.54) is 0 Å². The van der Waals surface area contributed by atoms with E-state index < -0.39 is 0 Å². The van der Waals surface area contributed by atoms with Crippen LogP contribution in [0.2, 0.25) is 0 Å². The maximum absolute atomic E-state index is 11.6. The smallest absolute Gasteiger partial charge is 0.234 e. The van der Waals surface area contributed by atoms with Crippen molar-refractivity contribution in [3.8, 4) is 0 Å². The first-order chi connectivity index (χ1) is 7.91. The van der Waals surface area contributed by atoms with Gasteiger partial charge in [0.05, 0.1) is 6.54 Å². The van der Waals surface area contributed by atoms with Crippen LogP contribution in [-0.2, 0) is 4.79 Å². The van der Waals surface area contributed by atoms with Gasteiger partial charge >= 0.3 is 0 Å². The summed E-state index contributed by atoms with van der Waals surface area (Å²) in [7, 11) is 0. The molecule has 17 heavy (non-hydrogen) atoms. The molecule has 0 radical (unpaired) electrons. The first kappa shape index (κ1) is 16.4. The number of aliphatic hydroxyl groups is 1. The maximum Gasteiger partial charge on any atom is 0.234 e. The largest absolute Gasteiger partial charge is 0.396 e. The molecule has 4 nitrogen and oxygen atoms in total. The summed E-state index contributed by atoms with van der Waals surface area (Å²) in [5.74, 6) is 0.400. The highest BCUT2D eigenvalue weighted by atomic mass is 16.3. The molecule has 0 saturated carbocycles. The molecular weight excluding hydrogens is 216 g/mol. The molecule has 0 heterocycles. The van der Waals surface area contributed by atoms with E-state index in [2.05, 4.69) is 17.6 Å². The Balaban J connectivity index is 3.52. The number of carbonyl (C=O) groups excluding carboxylic acids is 1. The Hall–Kier alpha value is -0.610. The topological polar surface area (TPSA) is 61.4 Å². The van der Waals surface area contributed by atoms with Gasteiger partial charge in [0.2, 0.25) is 5.91 Å². The summed E-state index contributed by atoms with van der Waals surface area (Å²) in [6.07, 6.45) is 2.91. The molecule has 0 saturated heterocycles. The minimum absolute atomic E-state index is 0.0482. The van der Waals surface area contributed by atoms with Gasteiger partial charge in [-0.1, -0.05) is 13.8 Å². The maximum atomic E-state index is 11.6. The fourth-order valence-electron chi connectivity index (χ4n) is 1.38. The Labute approximate surface area is 105 Å². The lowest BCUT2D eigenvalue weighted by Crippen LogP contribution is -2.46. The van der Waals surface area contributed by atoms with E-state index in [4.69, 9.17) is 5.11 Å². The van der Waals surface area contributed by atoms with E-state index in [-0.39, 0.29) is 18.1 Å². The van der Waals surface area contributed by atoms with E-state index in [0.717, 1.165) is 25.8 Å². The van der Waals surface area contributed by atoms with Crippen LogP contribution in [0.3, 0.4) is 0 Å². The molecule has 1 unspecified atom stereocenters. The van der Waals surface area contributed by atoms with Crippen LogP contribution < -0.4 is 10.6 Å². The molecule has 0 aromatic heterocycles. The molecule has 0 rings (SSSR count). The SMILES string of the molecule is CCC(C)(C)NC(=O)CNCCCC(C)CO. The minimum atomic E-state index is -0.121. The summed E-state index contributed by atoms with van der Waals surface area (Å²) in [5.41, 5.74) is -0.121. The van der Waals surface area contributed by atoms with Crippen molar-refractivity contribution >= 4 is 5.91 Å². The quantitative estimate of drug-likeness (QED) is 0.536. The Kier molecular flexibility index (Phi) is 8.17. The zero-order chi connectivity index (χ0) is 13.3. The molecule has 0 aliphatic rings. The van der Waals surface area contributed by atoms with Crippen molar-refractivity contribution < 1.29 is 9.90 Å². The monoisotopic (exact) mass is 244 g/mol. The summed E-state index contributed by atoms with van der Waals surface area (Å²) in [6.45, 7) is 9.56. The highest BCUT2D eigenvalue weighted by Gasteiger charge is 2.16. The molecule has 0 aliphatic carbocycles. The lowest BCUT2D eigenvalue weighted by Gasteiger charge is -2.24. The third-order valence-electron chi connectivity index (χ3n) is 3.01. The third kappa shape index (κ3) is 9.12. The van der Waals surface area contributed by atoms with Gasteiger partial charge in [-0.2, -0.15) is 0 Å². The molecule has 0 bridgehead atoms. The fourth-order valence-corrected chi connectivity index (χ4v) is 1.38. The second-order valence-corrected chi connectivity index (χ2v) is 5.39. The number of hydrogen-bond donors (Lipinski definition) is 3. The third-order valence-corrected chi connectivity index (χ3v) is 3.01. The molecule has 0 spiro atoms. The van der Waals surface area contributed by atoms with Gasteiger partial charge in [-0.05, 0) is 45.6 Å². The van der Waals surface area contributed by atoms with Crippen molar-refractivity contribution in [1.82, 2.24) is 10.6 Å². The van der Waals surface area contributed by atoms with E-state index in [9.17, 15) is 4.79 Å². The summed E-state index contributed by atoms with van der Waals surface area (Å²) in [4.78, 5) is 11.6. The van der Waals surface area contributed by atoms with E-state index in [0.29, 0.717) is 12.5 Å². The van der Waals surface area contributed by atoms with Crippen molar-refractivity contribution in [2.24, 2.45) is 5.92 Å². The van der Waals surface area contributed by atoms with Gasteiger partial charge in [-0.3, -0.25) is 4.79 Å². The van der Waals surface area contributed by atoms with Gasteiger partial charge < -0.3 is 15.7 Å². The number of nitrogens with one attached hydrogen (secondary N) is 2. The standard InChI is InChI=1S/C13H28N2O2/c1-5-13(3,4)15-12(17)9-14-8-6-7-11(2)10-16/h11,14,16H,5-10H2,1-4H3,(H,15,17). The molecule has 4 heteroatoms. The molecule has 0 aromatic carbocycles. The average Bonchev–Trinajstić information content (AvgIpc) is 2.27. The van der Waals surface area contributed by atoms with Gasteiger partial charge in [0, 0.05) is 12.1 Å². The summed E-state index contributed by atoms with van der Waals surface area (Å²) in [5, 5.41) is 14.9. The van der Waals surface area contributed by atoms with Gasteiger partial charge in [-0.25, -0.2) is 0 Å². The molecule has 102 valence electrons. The van der Waals surface area contributed by atoms with Crippen LogP contribution in [0, 0.1) is 5.92 Å². The summed E-state index contributed by atoms with van der Waals surface area (Å²) < 4.78 is 0. The number of carbonyl (C=O) groups is 1. The Morgan fingerprint density at radius 1 is 1.41 bits per heavy atom. The van der Waals surface area contributed by atoms with Crippen molar-refractivity contribution in [2.45, 2.75) is 52.5 Å². The first-order valence-corrected chi connectivity index (χ1v) is 6.54. The van der Waals surface area contributed by atoms with Crippen LogP contribution in [0.25, 0.3) is 0 Å². The molecular formula is C13H28N2O2. The van der Waals surface area contributed by atoms with Crippen LogP contribution in [0.4, 0.5) is 0 Å². The summed E-state index contributed by atoms with van der Waals surface area (Å²) in [6, 6.07) is 0. The molecule has 1 amide bonds. The molecule has 0 aromatic rings. The van der Waals surface area contributed by atoms with Crippen LogP contribution >= 0.6 is 0 Å². The van der Waals surface area contributed by atoms with Gasteiger partial charge in [0.25, 0.3) is 0 Å². The molecule has 0 aliphatic heterocycles. The number of aliphatic hydroxyl groups excluding tert-OH is 1. The predicted octanol–water partition coefficient (Wildman–Crippen LogP) is 1.29. The van der Waals surface area contributed by atoms with Gasteiger partial charge in [0.1, 0.15) is 0 Å². The van der Waals surface area contributed by atoms with Crippen molar-refractivity contribution in [3.63, 3.8) is 0 Å². The second-order valence-electron chi connectivity index (χ2n) is 5.39. The number of amides is 1. The molecule has 0 fully saturated rings. The van der Waals surface area contributed by atoms with Crippen LogP contribution in [0.5, 0.6) is 0 Å². The highest BCUT2D eigenvalue weighted by Crippen LogP contribution is 2.06. The van der Waals surface area contributed by atoms with Crippen molar-refractivity contribution in [1.29, 1.82) is 0 Å². The Morgan fingerprint density at radius 2 is 2.06 bits per heavy atom. The average molecular weight is 244 g/mol. The first-order valence-electron chi connectivity index (χ1n) is 6.54. The van der Waals surface area contributed by atoms with Crippen molar-refractivity contribution in [2.75, 3.05) is 19.7 Å². The molecule has 3 N–H and O–H groups in total. The van der Waals surface area contributed by atoms with Crippen molar-refractivity contribution in [3.05, 3.63) is 0 Å². The predicted molar refractivity (Wildman–Crippen MR) is 70.9 cm³/mol.